The SMILES string of the molecule is C[C@@H]1CCC[C@H](CCNS(=O)(=O)N2CCC[C@H](C)C2)C1. The zero-order valence-corrected chi connectivity index (χ0v) is 13.8. The predicted molar refractivity (Wildman–Crippen MR) is 82.6 cm³/mol. The van der Waals surface area contributed by atoms with Crippen molar-refractivity contribution in [2.24, 2.45) is 17.8 Å². The molecule has 1 heterocycles. The molecule has 2 aliphatic rings. The summed E-state index contributed by atoms with van der Waals surface area (Å²) in [6, 6.07) is 0. The second-order valence-corrected chi connectivity index (χ2v) is 8.69. The van der Waals surface area contributed by atoms with Gasteiger partial charge in [0.15, 0.2) is 0 Å². The Kier molecular flexibility index (Phi) is 5.87. The van der Waals surface area contributed by atoms with Crippen molar-refractivity contribution in [1.82, 2.24) is 9.03 Å². The number of hydrogen-bond acceptors (Lipinski definition) is 2. The molecule has 0 radical (unpaired) electrons. The average Bonchev–Trinajstić information content (AvgIpc) is 2.38. The van der Waals surface area contributed by atoms with E-state index in [9.17, 15) is 8.42 Å². The van der Waals surface area contributed by atoms with Gasteiger partial charge in [-0.2, -0.15) is 12.7 Å². The molecule has 0 unspecified atom stereocenters. The molecule has 5 heteroatoms. The molecule has 3 atom stereocenters. The van der Waals surface area contributed by atoms with E-state index in [-0.39, 0.29) is 0 Å². The van der Waals surface area contributed by atoms with Gasteiger partial charge in [-0.3, -0.25) is 0 Å². The highest BCUT2D eigenvalue weighted by molar-refractivity contribution is 7.87. The van der Waals surface area contributed by atoms with Gasteiger partial charge in [-0.15, -0.1) is 0 Å². The molecule has 20 heavy (non-hydrogen) atoms. The Morgan fingerprint density at radius 2 is 1.85 bits per heavy atom. The summed E-state index contributed by atoms with van der Waals surface area (Å²) in [7, 11) is -3.25. The molecule has 1 N–H and O–H groups in total. The van der Waals surface area contributed by atoms with Crippen LogP contribution in [0.5, 0.6) is 0 Å². The van der Waals surface area contributed by atoms with Gasteiger partial charge in [-0.1, -0.05) is 33.1 Å². The van der Waals surface area contributed by atoms with Crippen molar-refractivity contribution in [3.05, 3.63) is 0 Å². The van der Waals surface area contributed by atoms with Gasteiger partial charge >= 0.3 is 0 Å². The van der Waals surface area contributed by atoms with E-state index in [1.54, 1.807) is 4.31 Å². The molecule has 0 bridgehead atoms. The molecule has 118 valence electrons. The van der Waals surface area contributed by atoms with Crippen LogP contribution >= 0.6 is 0 Å². The molecule has 2 rings (SSSR count). The maximum absolute atomic E-state index is 12.3. The summed E-state index contributed by atoms with van der Waals surface area (Å²) in [5.74, 6) is 2.01. The topological polar surface area (TPSA) is 49.4 Å². The number of nitrogens with zero attached hydrogens (tertiary/aromatic N) is 1. The molecule has 1 aliphatic carbocycles. The fourth-order valence-corrected chi connectivity index (χ4v) is 5.05. The van der Waals surface area contributed by atoms with Crippen LogP contribution in [0, 0.1) is 17.8 Å². The average molecular weight is 302 g/mol. The summed E-state index contributed by atoms with van der Waals surface area (Å²) in [4.78, 5) is 0. The van der Waals surface area contributed by atoms with Crippen LogP contribution in [0.3, 0.4) is 0 Å². The Labute approximate surface area is 124 Å². The van der Waals surface area contributed by atoms with Crippen molar-refractivity contribution < 1.29 is 8.42 Å². The third kappa shape index (κ3) is 4.71. The maximum atomic E-state index is 12.3. The highest BCUT2D eigenvalue weighted by Gasteiger charge is 2.27. The molecule has 4 nitrogen and oxygen atoms in total. The molecule has 0 spiro atoms. The number of rotatable bonds is 5. The lowest BCUT2D eigenvalue weighted by molar-refractivity contribution is 0.265. The minimum atomic E-state index is -3.25. The van der Waals surface area contributed by atoms with Crippen molar-refractivity contribution in [3.8, 4) is 0 Å². The molecule has 2 fully saturated rings. The molecule has 0 amide bonds. The first-order valence-corrected chi connectivity index (χ1v) is 9.66. The zero-order chi connectivity index (χ0) is 14.6. The van der Waals surface area contributed by atoms with Gasteiger partial charge in [0.1, 0.15) is 0 Å². The number of nitrogens with one attached hydrogen (secondary N) is 1. The second kappa shape index (κ2) is 7.23. The summed E-state index contributed by atoms with van der Waals surface area (Å²) in [6.07, 6.45) is 8.31. The first kappa shape index (κ1) is 16.2. The minimum absolute atomic E-state index is 0.486. The van der Waals surface area contributed by atoms with Crippen molar-refractivity contribution in [2.75, 3.05) is 19.6 Å². The third-order valence-corrected chi connectivity index (χ3v) is 6.42. The summed E-state index contributed by atoms with van der Waals surface area (Å²) >= 11 is 0. The Hall–Kier alpha value is -0.130. The second-order valence-electron chi connectivity index (χ2n) is 6.93. The molecule has 1 saturated heterocycles. The number of hydrogen-bond donors (Lipinski definition) is 1. The van der Waals surface area contributed by atoms with Crippen LogP contribution < -0.4 is 4.72 Å². The largest absolute Gasteiger partial charge is 0.279 e. The summed E-state index contributed by atoms with van der Waals surface area (Å²) in [6.45, 7) is 6.40. The summed E-state index contributed by atoms with van der Waals surface area (Å²) < 4.78 is 28.9. The molecular formula is C15H30N2O2S. The normalized spacial score (nSPS) is 33.2. The van der Waals surface area contributed by atoms with Gasteiger partial charge in [0.25, 0.3) is 10.2 Å². The van der Waals surface area contributed by atoms with E-state index in [2.05, 4.69) is 18.6 Å². The van der Waals surface area contributed by atoms with E-state index < -0.39 is 10.2 Å². The van der Waals surface area contributed by atoms with Crippen LogP contribution in [0.4, 0.5) is 0 Å². The van der Waals surface area contributed by atoms with E-state index in [0.29, 0.717) is 31.5 Å². The standard InChI is InChI=1S/C15H30N2O2S/c1-13-5-3-7-15(11-13)8-9-16-20(18,19)17-10-4-6-14(2)12-17/h13-16H,3-12H2,1-2H3/t13-,14+,15-/m1/s1. The van der Waals surface area contributed by atoms with Crippen LogP contribution in [0.25, 0.3) is 0 Å². The monoisotopic (exact) mass is 302 g/mol. The van der Waals surface area contributed by atoms with Gasteiger partial charge in [0.05, 0.1) is 0 Å². The Balaban J connectivity index is 1.74. The zero-order valence-electron chi connectivity index (χ0n) is 13.0. The number of piperidine rings is 1. The molecule has 0 aromatic heterocycles. The molecule has 1 aliphatic heterocycles. The van der Waals surface area contributed by atoms with Crippen LogP contribution in [-0.4, -0.2) is 32.4 Å². The van der Waals surface area contributed by atoms with Crippen molar-refractivity contribution in [2.45, 2.75) is 58.8 Å². The van der Waals surface area contributed by atoms with Gasteiger partial charge in [-0.05, 0) is 43.4 Å². The smallest absolute Gasteiger partial charge is 0.202 e. The van der Waals surface area contributed by atoms with Crippen LogP contribution in [0.1, 0.15) is 58.8 Å². The third-order valence-electron chi connectivity index (χ3n) is 4.84. The van der Waals surface area contributed by atoms with Crippen LogP contribution in [-0.2, 0) is 10.2 Å². The van der Waals surface area contributed by atoms with Gasteiger partial charge < -0.3 is 0 Å². The van der Waals surface area contributed by atoms with Gasteiger partial charge in [0.2, 0.25) is 0 Å². The quantitative estimate of drug-likeness (QED) is 0.849. The van der Waals surface area contributed by atoms with Gasteiger partial charge in [-0.25, -0.2) is 4.72 Å². The summed E-state index contributed by atoms with van der Waals surface area (Å²) in [5, 5.41) is 0. The summed E-state index contributed by atoms with van der Waals surface area (Å²) in [5.41, 5.74) is 0. The van der Waals surface area contributed by atoms with Crippen molar-refractivity contribution in [1.29, 1.82) is 0 Å². The van der Waals surface area contributed by atoms with Crippen LogP contribution in [0.15, 0.2) is 0 Å². The lowest BCUT2D eigenvalue weighted by Gasteiger charge is -2.30. The Morgan fingerprint density at radius 3 is 2.55 bits per heavy atom. The highest BCUT2D eigenvalue weighted by Crippen LogP contribution is 2.30. The van der Waals surface area contributed by atoms with Gasteiger partial charge in [0, 0.05) is 19.6 Å². The van der Waals surface area contributed by atoms with E-state index in [0.717, 1.165) is 25.2 Å². The molecule has 0 aromatic rings. The molecule has 0 aromatic carbocycles. The molecule has 1 saturated carbocycles. The highest BCUT2D eigenvalue weighted by atomic mass is 32.2. The lowest BCUT2D eigenvalue weighted by atomic mass is 9.81. The first-order valence-electron chi connectivity index (χ1n) is 8.22. The van der Waals surface area contributed by atoms with E-state index >= 15 is 0 Å². The van der Waals surface area contributed by atoms with E-state index in [1.807, 2.05) is 0 Å². The Morgan fingerprint density at radius 1 is 1.10 bits per heavy atom. The maximum Gasteiger partial charge on any atom is 0.279 e. The fraction of sp³-hybridized carbons (Fsp3) is 1.00. The van der Waals surface area contributed by atoms with Crippen molar-refractivity contribution >= 4 is 10.2 Å². The first-order chi connectivity index (χ1) is 9.47. The Bertz CT molecular complexity index is 397. The lowest BCUT2D eigenvalue weighted by Crippen LogP contribution is -2.46. The van der Waals surface area contributed by atoms with Crippen molar-refractivity contribution in [3.63, 3.8) is 0 Å². The fourth-order valence-electron chi connectivity index (χ4n) is 3.67. The van der Waals surface area contributed by atoms with E-state index in [1.165, 1.54) is 25.7 Å². The van der Waals surface area contributed by atoms with Crippen LogP contribution in [0.2, 0.25) is 0 Å². The molecular weight excluding hydrogens is 272 g/mol. The minimum Gasteiger partial charge on any atom is -0.202 e. The van der Waals surface area contributed by atoms with E-state index in [4.69, 9.17) is 0 Å². The predicted octanol–water partition coefficient (Wildman–Crippen LogP) is 2.77.